The Morgan fingerprint density at radius 1 is 0.784 bits per heavy atom. The van der Waals surface area contributed by atoms with Gasteiger partial charge in [-0.25, -0.2) is 4.98 Å². The lowest BCUT2D eigenvalue weighted by Gasteiger charge is -2.22. The predicted octanol–water partition coefficient (Wildman–Crippen LogP) is 9.79. The SMILES string of the molecule is CCCc1ccc2c(c1)oc1c(-c3nc4ccccc4n3-c3c(C(C)C)cccc3C(C)C)cccc12. The minimum Gasteiger partial charge on any atom is -0.455 e. The summed E-state index contributed by atoms with van der Waals surface area (Å²) in [6.45, 7) is 11.3. The van der Waals surface area contributed by atoms with Gasteiger partial charge in [-0.15, -0.1) is 0 Å². The number of fused-ring (bicyclic) bond motifs is 4. The van der Waals surface area contributed by atoms with Crippen LogP contribution in [0.2, 0.25) is 0 Å². The zero-order chi connectivity index (χ0) is 25.7. The minimum atomic E-state index is 0.377. The Morgan fingerprint density at radius 2 is 1.51 bits per heavy atom. The molecule has 3 heteroatoms. The van der Waals surface area contributed by atoms with E-state index in [2.05, 4.69) is 118 Å². The van der Waals surface area contributed by atoms with Gasteiger partial charge in [0.2, 0.25) is 0 Å². The molecular weight excluding hydrogens is 452 g/mol. The fourth-order valence-electron chi connectivity index (χ4n) is 5.67. The average Bonchev–Trinajstić information content (AvgIpc) is 3.46. The highest BCUT2D eigenvalue weighted by atomic mass is 16.3. The number of hydrogen-bond acceptors (Lipinski definition) is 2. The van der Waals surface area contributed by atoms with Gasteiger partial charge in [-0.3, -0.25) is 4.57 Å². The van der Waals surface area contributed by atoms with E-state index in [0.29, 0.717) is 11.8 Å². The molecule has 0 amide bonds. The van der Waals surface area contributed by atoms with Gasteiger partial charge in [0.15, 0.2) is 0 Å². The third-order valence-corrected chi connectivity index (χ3v) is 7.47. The van der Waals surface area contributed by atoms with Gasteiger partial charge in [0.25, 0.3) is 0 Å². The van der Waals surface area contributed by atoms with Crippen LogP contribution in [0.3, 0.4) is 0 Å². The molecular formula is C34H34N2O. The first-order valence-corrected chi connectivity index (χ1v) is 13.5. The molecule has 0 atom stereocenters. The molecule has 0 aliphatic carbocycles. The molecule has 0 radical (unpaired) electrons. The Hall–Kier alpha value is -3.85. The van der Waals surface area contributed by atoms with Crippen LogP contribution in [0.15, 0.2) is 83.3 Å². The van der Waals surface area contributed by atoms with Crippen molar-refractivity contribution in [1.82, 2.24) is 9.55 Å². The molecule has 0 spiro atoms. The Kier molecular flexibility index (Phi) is 5.87. The monoisotopic (exact) mass is 486 g/mol. The number of nitrogens with zero attached hydrogens (tertiary/aromatic N) is 2. The molecule has 37 heavy (non-hydrogen) atoms. The van der Waals surface area contributed by atoms with Crippen molar-refractivity contribution >= 4 is 33.0 Å². The van der Waals surface area contributed by atoms with E-state index in [1.807, 2.05) is 0 Å². The minimum absolute atomic E-state index is 0.377. The molecule has 0 aliphatic rings. The van der Waals surface area contributed by atoms with Gasteiger partial charge >= 0.3 is 0 Å². The molecule has 186 valence electrons. The second-order valence-electron chi connectivity index (χ2n) is 10.7. The van der Waals surface area contributed by atoms with Gasteiger partial charge in [-0.1, -0.05) is 95.6 Å². The van der Waals surface area contributed by atoms with Gasteiger partial charge in [-0.05, 0) is 59.2 Å². The van der Waals surface area contributed by atoms with Crippen LogP contribution < -0.4 is 0 Å². The van der Waals surface area contributed by atoms with Gasteiger partial charge in [0.1, 0.15) is 17.0 Å². The summed E-state index contributed by atoms with van der Waals surface area (Å²) in [5, 5.41) is 2.29. The maximum atomic E-state index is 6.61. The van der Waals surface area contributed by atoms with Gasteiger partial charge in [0.05, 0.1) is 22.3 Å². The summed E-state index contributed by atoms with van der Waals surface area (Å²) >= 11 is 0. The number of imidazole rings is 1. The summed E-state index contributed by atoms with van der Waals surface area (Å²) in [6.07, 6.45) is 2.17. The highest BCUT2D eigenvalue weighted by Crippen LogP contribution is 2.41. The smallest absolute Gasteiger partial charge is 0.149 e. The zero-order valence-corrected chi connectivity index (χ0v) is 22.4. The van der Waals surface area contributed by atoms with E-state index in [9.17, 15) is 0 Å². The highest BCUT2D eigenvalue weighted by molar-refractivity contribution is 6.09. The topological polar surface area (TPSA) is 31.0 Å². The summed E-state index contributed by atoms with van der Waals surface area (Å²) in [5.41, 5.74) is 10.2. The number of aryl methyl sites for hydroxylation is 1. The zero-order valence-electron chi connectivity index (χ0n) is 22.4. The summed E-state index contributed by atoms with van der Waals surface area (Å²) in [5.74, 6) is 1.68. The van der Waals surface area contributed by atoms with Gasteiger partial charge in [0, 0.05) is 10.8 Å². The third kappa shape index (κ3) is 3.85. The first-order chi connectivity index (χ1) is 18.0. The summed E-state index contributed by atoms with van der Waals surface area (Å²) in [6, 6.07) is 28.3. The maximum Gasteiger partial charge on any atom is 0.149 e. The molecule has 0 saturated carbocycles. The van der Waals surface area contributed by atoms with Crippen molar-refractivity contribution in [2.75, 3.05) is 0 Å². The van der Waals surface area contributed by atoms with Gasteiger partial charge in [-0.2, -0.15) is 0 Å². The van der Waals surface area contributed by atoms with Crippen molar-refractivity contribution < 1.29 is 4.42 Å². The molecule has 0 bridgehead atoms. The van der Waals surface area contributed by atoms with Crippen LogP contribution in [0.4, 0.5) is 0 Å². The molecule has 0 unspecified atom stereocenters. The first kappa shape index (κ1) is 23.5. The highest BCUT2D eigenvalue weighted by Gasteiger charge is 2.24. The van der Waals surface area contributed by atoms with Crippen molar-refractivity contribution in [3.8, 4) is 17.1 Å². The van der Waals surface area contributed by atoms with Crippen LogP contribution in [0.5, 0.6) is 0 Å². The lowest BCUT2D eigenvalue weighted by molar-refractivity contribution is 0.668. The third-order valence-electron chi connectivity index (χ3n) is 7.47. The second-order valence-corrected chi connectivity index (χ2v) is 10.7. The Morgan fingerprint density at radius 3 is 2.24 bits per heavy atom. The van der Waals surface area contributed by atoms with Crippen LogP contribution in [-0.4, -0.2) is 9.55 Å². The van der Waals surface area contributed by atoms with E-state index >= 15 is 0 Å². The van der Waals surface area contributed by atoms with Crippen molar-refractivity contribution in [3.05, 3.63) is 95.6 Å². The van der Waals surface area contributed by atoms with Crippen molar-refractivity contribution in [3.63, 3.8) is 0 Å². The fraction of sp³-hybridized carbons (Fsp3) is 0.265. The van der Waals surface area contributed by atoms with E-state index in [0.717, 1.165) is 57.2 Å². The lowest BCUT2D eigenvalue weighted by Crippen LogP contribution is -2.08. The number of hydrogen-bond donors (Lipinski definition) is 0. The van der Waals surface area contributed by atoms with E-state index in [1.165, 1.54) is 22.4 Å². The molecule has 3 nitrogen and oxygen atoms in total. The number of benzene rings is 4. The molecule has 4 aromatic carbocycles. The molecule has 6 rings (SSSR count). The predicted molar refractivity (Wildman–Crippen MR) is 156 cm³/mol. The van der Waals surface area contributed by atoms with Crippen molar-refractivity contribution in [2.45, 2.75) is 59.3 Å². The first-order valence-electron chi connectivity index (χ1n) is 13.5. The largest absolute Gasteiger partial charge is 0.455 e. The standard InChI is InChI=1S/C34H34N2O/c1-6-11-23-18-19-26-27-14-10-15-28(33(27)37-31(26)20-23)34-35-29-16-7-8-17-30(29)36(34)32-24(21(2)3)12-9-13-25(32)22(4)5/h7-10,12-22H,6,11H2,1-5H3. The van der Waals surface area contributed by atoms with Crippen LogP contribution in [0.25, 0.3) is 50.0 Å². The van der Waals surface area contributed by atoms with Crippen LogP contribution in [0.1, 0.15) is 69.6 Å². The Labute approximate surface area is 218 Å². The Balaban J connectivity index is 1.71. The average molecular weight is 487 g/mol. The molecule has 2 aromatic heterocycles. The van der Waals surface area contributed by atoms with Crippen molar-refractivity contribution in [1.29, 1.82) is 0 Å². The van der Waals surface area contributed by atoms with E-state index < -0.39 is 0 Å². The van der Waals surface area contributed by atoms with Crippen LogP contribution >= 0.6 is 0 Å². The second kappa shape index (κ2) is 9.23. The summed E-state index contributed by atoms with van der Waals surface area (Å²) in [4.78, 5) is 5.23. The summed E-state index contributed by atoms with van der Waals surface area (Å²) in [7, 11) is 0. The number of aromatic nitrogens is 2. The van der Waals surface area contributed by atoms with E-state index in [1.54, 1.807) is 0 Å². The summed E-state index contributed by atoms with van der Waals surface area (Å²) < 4.78 is 8.99. The van der Waals surface area contributed by atoms with Gasteiger partial charge < -0.3 is 4.42 Å². The van der Waals surface area contributed by atoms with E-state index in [4.69, 9.17) is 9.40 Å². The molecule has 0 fully saturated rings. The molecule has 2 heterocycles. The van der Waals surface area contributed by atoms with E-state index in [-0.39, 0.29) is 0 Å². The molecule has 0 N–H and O–H groups in total. The number of rotatable bonds is 6. The fourth-order valence-corrected chi connectivity index (χ4v) is 5.67. The lowest BCUT2D eigenvalue weighted by atomic mass is 9.92. The normalized spacial score (nSPS) is 12.1. The van der Waals surface area contributed by atoms with Crippen LogP contribution in [-0.2, 0) is 6.42 Å². The molecule has 0 aliphatic heterocycles. The number of furan rings is 1. The molecule has 0 saturated heterocycles. The number of para-hydroxylation sites is 4. The Bertz CT molecular complexity index is 1720. The molecule has 6 aromatic rings. The quantitative estimate of drug-likeness (QED) is 0.234. The van der Waals surface area contributed by atoms with Crippen LogP contribution in [0, 0.1) is 0 Å². The maximum absolute atomic E-state index is 6.61. The van der Waals surface area contributed by atoms with Crippen molar-refractivity contribution in [2.24, 2.45) is 0 Å².